The second kappa shape index (κ2) is 6.63. The SMILES string of the molecule is CC1C=C2OC(c3ccc(S(C)(=O)=O)cc3)=C(c3ccc(F)cc3)N2N1C(=O)O. The van der Waals surface area contributed by atoms with E-state index < -0.39 is 27.8 Å². The number of rotatable bonds is 3. The van der Waals surface area contributed by atoms with Crippen LogP contribution in [0.15, 0.2) is 65.4 Å². The standard InChI is InChI=1S/C20H17FN2O5S/c1-12-11-17-23(22(12)20(24)25)18(13-3-7-15(21)8-4-13)19(28-17)14-5-9-16(10-6-14)29(2,26)27/h3-12H,1-2H3,(H,24,25). The number of hydrogen-bond donors (Lipinski definition) is 1. The highest BCUT2D eigenvalue weighted by Gasteiger charge is 2.44. The number of benzene rings is 2. The van der Waals surface area contributed by atoms with Gasteiger partial charge in [-0.2, -0.15) is 0 Å². The van der Waals surface area contributed by atoms with Gasteiger partial charge in [0.2, 0.25) is 5.88 Å². The lowest BCUT2D eigenvalue weighted by molar-refractivity contribution is 0.0475. The molecule has 2 aliphatic heterocycles. The van der Waals surface area contributed by atoms with Crippen LogP contribution in [0.5, 0.6) is 0 Å². The molecule has 1 N–H and O–H groups in total. The van der Waals surface area contributed by atoms with Crippen LogP contribution in [-0.4, -0.2) is 41.9 Å². The molecule has 0 saturated carbocycles. The van der Waals surface area contributed by atoms with Crippen molar-refractivity contribution in [2.45, 2.75) is 17.9 Å². The molecule has 0 aromatic heterocycles. The third-order valence-corrected chi connectivity index (χ3v) is 5.81. The zero-order valence-electron chi connectivity index (χ0n) is 15.5. The van der Waals surface area contributed by atoms with Crippen LogP contribution in [0.25, 0.3) is 11.5 Å². The molecule has 150 valence electrons. The summed E-state index contributed by atoms with van der Waals surface area (Å²) in [6, 6.07) is 11.3. The van der Waals surface area contributed by atoms with Crippen LogP contribution >= 0.6 is 0 Å². The van der Waals surface area contributed by atoms with Crippen LogP contribution in [-0.2, 0) is 14.6 Å². The Hall–Kier alpha value is -3.33. The molecule has 29 heavy (non-hydrogen) atoms. The fraction of sp³-hybridized carbons (Fsp3) is 0.150. The third kappa shape index (κ3) is 3.23. The molecule has 1 amide bonds. The number of carbonyl (C=O) groups is 1. The van der Waals surface area contributed by atoms with Gasteiger partial charge in [-0.25, -0.2) is 27.6 Å². The first-order valence-corrected chi connectivity index (χ1v) is 10.6. The first-order chi connectivity index (χ1) is 13.7. The van der Waals surface area contributed by atoms with Crippen LogP contribution in [0.3, 0.4) is 0 Å². The van der Waals surface area contributed by atoms with Crippen LogP contribution in [0.1, 0.15) is 18.1 Å². The fourth-order valence-corrected chi connectivity index (χ4v) is 3.98. The Morgan fingerprint density at radius 1 is 1.07 bits per heavy atom. The van der Waals surface area contributed by atoms with E-state index in [9.17, 15) is 22.7 Å². The van der Waals surface area contributed by atoms with Crippen LogP contribution in [0.2, 0.25) is 0 Å². The quantitative estimate of drug-likeness (QED) is 0.824. The van der Waals surface area contributed by atoms with E-state index in [1.54, 1.807) is 25.1 Å². The van der Waals surface area contributed by atoms with Gasteiger partial charge in [0, 0.05) is 23.5 Å². The van der Waals surface area contributed by atoms with E-state index in [0.29, 0.717) is 28.5 Å². The van der Waals surface area contributed by atoms with Gasteiger partial charge in [0.05, 0.1) is 10.9 Å². The van der Waals surface area contributed by atoms with Crippen molar-refractivity contribution >= 4 is 27.4 Å². The largest absolute Gasteiger partial charge is 0.464 e. The van der Waals surface area contributed by atoms with Crippen molar-refractivity contribution in [2.24, 2.45) is 0 Å². The molecule has 2 heterocycles. The molecule has 2 aliphatic rings. The van der Waals surface area contributed by atoms with E-state index in [4.69, 9.17) is 4.74 Å². The normalized spacial score (nSPS) is 18.6. The summed E-state index contributed by atoms with van der Waals surface area (Å²) in [4.78, 5) is 12.0. The maximum atomic E-state index is 13.5. The van der Waals surface area contributed by atoms with Gasteiger partial charge in [0.1, 0.15) is 11.5 Å². The van der Waals surface area contributed by atoms with Crippen molar-refractivity contribution in [1.82, 2.24) is 10.0 Å². The molecule has 9 heteroatoms. The average molecular weight is 416 g/mol. The number of ether oxygens (including phenoxy) is 1. The first-order valence-electron chi connectivity index (χ1n) is 8.69. The van der Waals surface area contributed by atoms with Crippen molar-refractivity contribution in [3.05, 3.63) is 77.4 Å². The van der Waals surface area contributed by atoms with E-state index in [1.165, 1.54) is 41.4 Å². The van der Waals surface area contributed by atoms with E-state index in [1.807, 2.05) is 0 Å². The summed E-state index contributed by atoms with van der Waals surface area (Å²) in [5.74, 6) is 0.246. The summed E-state index contributed by atoms with van der Waals surface area (Å²) in [5.41, 5.74) is 1.54. The number of amides is 1. The molecule has 1 atom stereocenters. The maximum absolute atomic E-state index is 13.5. The molecule has 4 rings (SSSR count). The molecule has 0 fully saturated rings. The number of carboxylic acid groups (broad SMARTS) is 1. The Morgan fingerprint density at radius 2 is 1.66 bits per heavy atom. The molecule has 7 nitrogen and oxygen atoms in total. The second-order valence-electron chi connectivity index (χ2n) is 6.77. The Kier molecular flexibility index (Phi) is 4.34. The Labute approximate surface area is 166 Å². The molecule has 2 aromatic rings. The van der Waals surface area contributed by atoms with E-state index >= 15 is 0 Å². The fourth-order valence-electron chi connectivity index (χ4n) is 3.35. The highest BCUT2D eigenvalue weighted by molar-refractivity contribution is 7.90. The number of nitrogens with zero attached hydrogens (tertiary/aromatic N) is 2. The lowest BCUT2D eigenvalue weighted by Crippen LogP contribution is -2.42. The highest BCUT2D eigenvalue weighted by atomic mass is 32.2. The maximum Gasteiger partial charge on any atom is 0.427 e. The number of hydrazine groups is 1. The number of hydrogen-bond acceptors (Lipinski definition) is 5. The summed E-state index contributed by atoms with van der Waals surface area (Å²) in [7, 11) is -3.36. The van der Waals surface area contributed by atoms with Crippen molar-refractivity contribution in [3.8, 4) is 0 Å². The predicted molar refractivity (Wildman–Crippen MR) is 103 cm³/mol. The first kappa shape index (κ1) is 19.0. The summed E-state index contributed by atoms with van der Waals surface area (Å²) in [5, 5.41) is 12.2. The Bertz CT molecular complexity index is 1150. The minimum Gasteiger partial charge on any atom is -0.464 e. The highest BCUT2D eigenvalue weighted by Crippen LogP contribution is 2.45. The van der Waals surface area contributed by atoms with Gasteiger partial charge in [-0.05, 0) is 55.5 Å². The van der Waals surface area contributed by atoms with Crippen LogP contribution in [0, 0.1) is 5.82 Å². The molecule has 1 unspecified atom stereocenters. The molecule has 2 aromatic carbocycles. The second-order valence-corrected chi connectivity index (χ2v) is 8.78. The monoisotopic (exact) mass is 416 g/mol. The average Bonchev–Trinajstić information content (AvgIpc) is 3.16. The van der Waals surface area contributed by atoms with Crippen molar-refractivity contribution in [3.63, 3.8) is 0 Å². The molecular weight excluding hydrogens is 399 g/mol. The number of sulfone groups is 1. The smallest absolute Gasteiger partial charge is 0.427 e. The van der Waals surface area contributed by atoms with Gasteiger partial charge >= 0.3 is 6.09 Å². The molecular formula is C20H17FN2O5S. The molecule has 0 aliphatic carbocycles. The van der Waals surface area contributed by atoms with Crippen LogP contribution < -0.4 is 0 Å². The summed E-state index contributed by atoms with van der Waals surface area (Å²) in [6.45, 7) is 1.71. The van der Waals surface area contributed by atoms with Gasteiger partial charge in [-0.1, -0.05) is 0 Å². The Balaban J connectivity index is 1.88. The van der Waals surface area contributed by atoms with Crippen molar-refractivity contribution in [2.75, 3.05) is 6.26 Å². The number of halogens is 1. The van der Waals surface area contributed by atoms with Gasteiger partial charge in [-0.15, -0.1) is 0 Å². The van der Waals surface area contributed by atoms with Gasteiger partial charge < -0.3 is 9.84 Å². The molecule has 0 bridgehead atoms. The molecule has 0 radical (unpaired) electrons. The molecule has 0 saturated heterocycles. The van der Waals surface area contributed by atoms with E-state index in [0.717, 1.165) is 11.3 Å². The summed E-state index contributed by atoms with van der Waals surface area (Å²) in [6.07, 6.45) is 1.61. The third-order valence-electron chi connectivity index (χ3n) is 4.69. The van der Waals surface area contributed by atoms with Crippen molar-refractivity contribution < 1.29 is 27.4 Å². The van der Waals surface area contributed by atoms with Gasteiger partial charge in [0.25, 0.3) is 0 Å². The van der Waals surface area contributed by atoms with Crippen LogP contribution in [0.4, 0.5) is 9.18 Å². The minimum absolute atomic E-state index is 0.156. The van der Waals surface area contributed by atoms with Gasteiger partial charge in [-0.3, -0.25) is 0 Å². The lowest BCUT2D eigenvalue weighted by atomic mass is 10.1. The minimum atomic E-state index is -3.36. The molecule has 0 spiro atoms. The predicted octanol–water partition coefficient (Wildman–Crippen LogP) is 3.53. The number of fused-ring (bicyclic) bond motifs is 1. The Morgan fingerprint density at radius 3 is 2.21 bits per heavy atom. The van der Waals surface area contributed by atoms with E-state index in [-0.39, 0.29) is 4.90 Å². The summed E-state index contributed by atoms with van der Waals surface area (Å²) < 4.78 is 42.9. The lowest BCUT2D eigenvalue weighted by Gasteiger charge is -2.29. The topological polar surface area (TPSA) is 87.2 Å². The van der Waals surface area contributed by atoms with E-state index in [2.05, 4.69) is 0 Å². The zero-order valence-corrected chi connectivity index (χ0v) is 16.4. The summed E-state index contributed by atoms with van der Waals surface area (Å²) >= 11 is 0. The zero-order chi connectivity index (χ0) is 20.9. The van der Waals surface area contributed by atoms with Gasteiger partial charge in [0.15, 0.2) is 15.6 Å². The van der Waals surface area contributed by atoms with Crippen molar-refractivity contribution in [1.29, 1.82) is 0 Å².